The molecule has 2 aromatic carbocycles. The molecule has 1 saturated heterocycles. The van der Waals surface area contributed by atoms with Crippen LogP contribution in [0.15, 0.2) is 48.5 Å². The first-order chi connectivity index (χ1) is 16.3. The lowest BCUT2D eigenvalue weighted by Crippen LogP contribution is -2.47. The van der Waals surface area contributed by atoms with Gasteiger partial charge in [0.15, 0.2) is 0 Å². The van der Waals surface area contributed by atoms with Gasteiger partial charge < -0.3 is 25.2 Å². The van der Waals surface area contributed by atoms with E-state index in [0.29, 0.717) is 6.42 Å². The van der Waals surface area contributed by atoms with E-state index in [-0.39, 0.29) is 38.2 Å². The van der Waals surface area contributed by atoms with Gasteiger partial charge in [-0.3, -0.25) is 9.59 Å². The second-order valence-electron chi connectivity index (χ2n) is 9.45. The number of carbonyl (C=O) groups excluding carboxylic acids is 2. The number of fused-ring (bicyclic) bond motifs is 3. The maximum Gasteiger partial charge on any atom is 0.407 e. The summed E-state index contributed by atoms with van der Waals surface area (Å²) in [4.78, 5) is 36.4. The normalized spacial score (nSPS) is 19.2. The Hall–Kier alpha value is -3.39. The minimum Gasteiger partial charge on any atom is -0.481 e. The molecule has 1 fully saturated rings. The Morgan fingerprint density at radius 1 is 1.03 bits per heavy atom. The zero-order valence-electron chi connectivity index (χ0n) is 19.4. The largest absolute Gasteiger partial charge is 0.481 e. The molecule has 3 N–H and O–H groups in total. The van der Waals surface area contributed by atoms with Crippen molar-refractivity contribution in [3.63, 3.8) is 0 Å². The highest BCUT2D eigenvalue weighted by molar-refractivity contribution is 5.81. The average Bonchev–Trinajstić information content (AvgIpc) is 3.40. The number of nitrogens with one attached hydrogen (secondary N) is 2. The Kier molecular flexibility index (Phi) is 6.88. The van der Waals surface area contributed by atoms with Crippen molar-refractivity contribution in [2.45, 2.75) is 32.2 Å². The van der Waals surface area contributed by atoms with Crippen molar-refractivity contribution >= 4 is 18.0 Å². The number of aliphatic carboxylic acids is 1. The predicted octanol–water partition coefficient (Wildman–Crippen LogP) is 3.16. The van der Waals surface area contributed by atoms with Crippen molar-refractivity contribution in [3.8, 4) is 11.1 Å². The van der Waals surface area contributed by atoms with Gasteiger partial charge in [0.25, 0.3) is 0 Å². The minimum atomic E-state index is -0.932. The molecule has 0 aromatic heterocycles. The molecule has 8 nitrogen and oxygen atoms in total. The Bertz CT molecular complexity index is 1040. The summed E-state index contributed by atoms with van der Waals surface area (Å²) >= 11 is 0. The second-order valence-corrected chi connectivity index (χ2v) is 9.45. The fraction of sp³-hybridized carbons (Fsp3) is 0.423. The number of alkyl carbamates (subject to hydrolysis) is 1. The number of rotatable bonds is 8. The number of carboxylic acid groups (broad SMARTS) is 1. The van der Waals surface area contributed by atoms with Crippen molar-refractivity contribution in [3.05, 3.63) is 59.7 Å². The summed E-state index contributed by atoms with van der Waals surface area (Å²) in [5, 5.41) is 14.7. The molecule has 0 spiro atoms. The van der Waals surface area contributed by atoms with E-state index in [9.17, 15) is 19.5 Å². The maximum atomic E-state index is 12.6. The SMILES string of the molecule is CC(C)(CCNC(=O)C1COCC1NC(=O)OCC1c2ccccc2-c2ccccc21)C(=O)O. The molecule has 2 amide bonds. The first-order valence-electron chi connectivity index (χ1n) is 11.5. The predicted molar refractivity (Wildman–Crippen MR) is 125 cm³/mol. The van der Waals surface area contributed by atoms with Gasteiger partial charge in [-0.25, -0.2) is 4.79 Å². The van der Waals surface area contributed by atoms with Crippen LogP contribution in [0.4, 0.5) is 4.79 Å². The van der Waals surface area contributed by atoms with Gasteiger partial charge in [0.05, 0.1) is 30.6 Å². The number of carbonyl (C=O) groups is 3. The van der Waals surface area contributed by atoms with Gasteiger partial charge in [-0.05, 0) is 42.5 Å². The van der Waals surface area contributed by atoms with Crippen LogP contribution in [0.2, 0.25) is 0 Å². The number of amides is 2. The van der Waals surface area contributed by atoms with Crippen molar-refractivity contribution in [2.24, 2.45) is 11.3 Å². The smallest absolute Gasteiger partial charge is 0.407 e. The summed E-state index contributed by atoms with van der Waals surface area (Å²) in [5.74, 6) is -1.80. The number of ether oxygens (including phenoxy) is 2. The van der Waals surface area contributed by atoms with Crippen molar-refractivity contribution in [1.29, 1.82) is 0 Å². The Labute approximate surface area is 198 Å². The summed E-state index contributed by atoms with van der Waals surface area (Å²) in [6, 6.07) is 15.7. The highest BCUT2D eigenvalue weighted by Gasteiger charge is 2.36. The first kappa shape index (κ1) is 23.8. The molecule has 1 aliphatic carbocycles. The van der Waals surface area contributed by atoms with Gasteiger partial charge in [0, 0.05) is 12.5 Å². The van der Waals surface area contributed by atoms with Crippen LogP contribution >= 0.6 is 0 Å². The van der Waals surface area contributed by atoms with Gasteiger partial charge in [-0.2, -0.15) is 0 Å². The van der Waals surface area contributed by atoms with Crippen LogP contribution in [0.3, 0.4) is 0 Å². The van der Waals surface area contributed by atoms with Crippen LogP contribution < -0.4 is 10.6 Å². The minimum absolute atomic E-state index is 0.0466. The molecule has 34 heavy (non-hydrogen) atoms. The van der Waals surface area contributed by atoms with Gasteiger partial charge in [-0.15, -0.1) is 0 Å². The van der Waals surface area contributed by atoms with E-state index < -0.39 is 29.4 Å². The summed E-state index contributed by atoms with van der Waals surface area (Å²) in [7, 11) is 0. The van der Waals surface area contributed by atoms with Crippen molar-refractivity contribution in [1.82, 2.24) is 10.6 Å². The molecule has 8 heteroatoms. The Morgan fingerprint density at radius 2 is 1.65 bits per heavy atom. The lowest BCUT2D eigenvalue weighted by atomic mass is 9.89. The molecule has 0 bridgehead atoms. The molecular formula is C26H30N2O6. The van der Waals surface area contributed by atoms with E-state index in [2.05, 4.69) is 34.9 Å². The number of carboxylic acids is 1. The molecule has 2 aliphatic rings. The van der Waals surface area contributed by atoms with Crippen LogP contribution in [0, 0.1) is 11.3 Å². The molecular weight excluding hydrogens is 436 g/mol. The molecule has 2 atom stereocenters. The van der Waals surface area contributed by atoms with Gasteiger partial charge >= 0.3 is 12.1 Å². The summed E-state index contributed by atoms with van der Waals surface area (Å²) < 4.78 is 11.0. The van der Waals surface area contributed by atoms with Crippen LogP contribution in [0.1, 0.15) is 37.3 Å². The third-order valence-electron chi connectivity index (χ3n) is 6.69. The molecule has 1 aliphatic heterocycles. The number of hydrogen-bond acceptors (Lipinski definition) is 5. The molecule has 0 radical (unpaired) electrons. The number of benzene rings is 2. The fourth-order valence-electron chi connectivity index (χ4n) is 4.48. The molecule has 1 heterocycles. The zero-order valence-corrected chi connectivity index (χ0v) is 19.4. The van der Waals surface area contributed by atoms with Crippen LogP contribution in [0.25, 0.3) is 11.1 Å². The lowest BCUT2D eigenvalue weighted by Gasteiger charge is -2.22. The quantitative estimate of drug-likeness (QED) is 0.551. The van der Waals surface area contributed by atoms with Gasteiger partial charge in [-0.1, -0.05) is 48.5 Å². The van der Waals surface area contributed by atoms with Crippen molar-refractivity contribution in [2.75, 3.05) is 26.4 Å². The molecule has 180 valence electrons. The third kappa shape index (κ3) is 4.92. The Balaban J connectivity index is 1.31. The zero-order chi connectivity index (χ0) is 24.3. The highest BCUT2D eigenvalue weighted by atomic mass is 16.5. The monoisotopic (exact) mass is 466 g/mol. The molecule has 0 saturated carbocycles. The van der Waals surface area contributed by atoms with Gasteiger partial charge in [0.2, 0.25) is 5.91 Å². The van der Waals surface area contributed by atoms with E-state index in [0.717, 1.165) is 22.3 Å². The molecule has 2 unspecified atom stereocenters. The van der Waals surface area contributed by atoms with E-state index in [1.54, 1.807) is 13.8 Å². The van der Waals surface area contributed by atoms with Crippen LogP contribution in [0.5, 0.6) is 0 Å². The summed E-state index contributed by atoms with van der Waals surface area (Å²) in [6.07, 6.45) is -0.297. The summed E-state index contributed by atoms with van der Waals surface area (Å²) in [5.41, 5.74) is 3.63. The molecule has 4 rings (SSSR count). The lowest BCUT2D eigenvalue weighted by molar-refractivity contribution is -0.147. The standard InChI is InChI=1S/C26H30N2O6/c1-26(2,24(30)31)11-12-27-23(29)21-13-33-15-22(21)28-25(32)34-14-20-18-9-5-3-7-16(18)17-8-4-6-10-19(17)20/h3-10,20-22H,11-15H2,1-2H3,(H,27,29)(H,28,32)(H,30,31). The highest BCUT2D eigenvalue weighted by Crippen LogP contribution is 2.44. The van der Waals surface area contributed by atoms with Crippen LogP contribution in [-0.4, -0.2) is 55.5 Å². The van der Waals surface area contributed by atoms with Crippen molar-refractivity contribution < 1.29 is 29.0 Å². The fourth-order valence-corrected chi connectivity index (χ4v) is 4.48. The molecule has 2 aromatic rings. The third-order valence-corrected chi connectivity index (χ3v) is 6.69. The Morgan fingerprint density at radius 3 is 2.26 bits per heavy atom. The number of hydrogen-bond donors (Lipinski definition) is 3. The second kappa shape index (κ2) is 9.85. The van der Waals surface area contributed by atoms with E-state index in [1.165, 1.54) is 0 Å². The first-order valence-corrected chi connectivity index (χ1v) is 11.5. The van der Waals surface area contributed by atoms with E-state index >= 15 is 0 Å². The topological polar surface area (TPSA) is 114 Å². The average molecular weight is 467 g/mol. The maximum absolute atomic E-state index is 12.6. The van der Waals surface area contributed by atoms with E-state index in [4.69, 9.17) is 9.47 Å². The van der Waals surface area contributed by atoms with E-state index in [1.807, 2.05) is 24.3 Å². The van der Waals surface area contributed by atoms with Gasteiger partial charge in [0.1, 0.15) is 6.61 Å². The van der Waals surface area contributed by atoms with Crippen LogP contribution in [-0.2, 0) is 19.1 Å². The summed E-state index contributed by atoms with van der Waals surface area (Å²) in [6.45, 7) is 4.04.